The zero-order valence-electron chi connectivity index (χ0n) is 19.3. The number of nitrogens with zero attached hydrogens (tertiary/aromatic N) is 7. The summed E-state index contributed by atoms with van der Waals surface area (Å²) < 4.78 is 1.73. The summed E-state index contributed by atoms with van der Waals surface area (Å²) in [5.74, 6) is 0.666. The summed E-state index contributed by atoms with van der Waals surface area (Å²) in [5.41, 5.74) is 3.99. The van der Waals surface area contributed by atoms with Gasteiger partial charge in [0.1, 0.15) is 0 Å². The molecule has 0 bridgehead atoms. The molecule has 1 aliphatic rings. The van der Waals surface area contributed by atoms with Gasteiger partial charge in [0.05, 0.1) is 22.5 Å². The summed E-state index contributed by atoms with van der Waals surface area (Å²) >= 11 is 6.07. The summed E-state index contributed by atoms with van der Waals surface area (Å²) in [4.78, 5) is 22.5. The van der Waals surface area contributed by atoms with Crippen molar-refractivity contribution in [3.63, 3.8) is 0 Å². The molecule has 0 aliphatic carbocycles. The van der Waals surface area contributed by atoms with Gasteiger partial charge >= 0.3 is 0 Å². The van der Waals surface area contributed by atoms with Crippen LogP contribution in [0.2, 0.25) is 5.02 Å². The molecule has 36 heavy (non-hydrogen) atoms. The topological polar surface area (TPSA) is 80.0 Å². The maximum absolute atomic E-state index is 13.7. The molecule has 0 saturated carbocycles. The van der Waals surface area contributed by atoms with Crippen LogP contribution in [0, 0.1) is 0 Å². The lowest BCUT2D eigenvalue weighted by molar-refractivity contribution is 0.0748. The number of halogens is 1. The van der Waals surface area contributed by atoms with Crippen LogP contribution < -0.4 is 4.90 Å². The normalized spacial score (nSPS) is 13.8. The van der Waals surface area contributed by atoms with E-state index in [1.807, 2.05) is 89.8 Å². The van der Waals surface area contributed by atoms with Gasteiger partial charge in [-0.25, -0.2) is 4.98 Å². The predicted molar refractivity (Wildman–Crippen MR) is 139 cm³/mol. The van der Waals surface area contributed by atoms with Crippen LogP contribution in [0.15, 0.2) is 84.9 Å². The lowest BCUT2D eigenvalue weighted by Crippen LogP contribution is -2.49. The monoisotopic (exact) mass is 495 g/mol. The van der Waals surface area contributed by atoms with Crippen molar-refractivity contribution in [2.75, 3.05) is 31.1 Å². The van der Waals surface area contributed by atoms with E-state index in [4.69, 9.17) is 16.6 Å². The first-order valence-electron chi connectivity index (χ1n) is 11.7. The fourth-order valence-electron chi connectivity index (χ4n) is 4.52. The molecule has 0 spiro atoms. The standard InChI is InChI=1S/C27H22ClN7O/c28-20-12-10-19(11-13-20)25-18-23(22-8-4-5-9-24(22)29-25)26(36)33-14-16-34(17-15-33)27-30-31-32-35(27)21-6-2-1-3-7-21/h1-13,18H,14-17H2. The molecular weight excluding hydrogens is 474 g/mol. The largest absolute Gasteiger partial charge is 0.336 e. The molecule has 9 heteroatoms. The number of pyridine rings is 1. The van der Waals surface area contributed by atoms with E-state index in [-0.39, 0.29) is 5.91 Å². The van der Waals surface area contributed by atoms with Gasteiger partial charge in [-0.15, -0.1) is 0 Å². The van der Waals surface area contributed by atoms with E-state index in [0.717, 1.165) is 27.8 Å². The van der Waals surface area contributed by atoms with Crippen molar-refractivity contribution in [2.45, 2.75) is 0 Å². The molecular formula is C27H22ClN7O. The average molecular weight is 496 g/mol. The third-order valence-corrected chi connectivity index (χ3v) is 6.64. The maximum Gasteiger partial charge on any atom is 0.254 e. The van der Waals surface area contributed by atoms with E-state index in [1.54, 1.807) is 4.68 Å². The fraction of sp³-hybridized carbons (Fsp3) is 0.148. The first-order chi connectivity index (χ1) is 17.7. The molecule has 3 heterocycles. The third-order valence-electron chi connectivity index (χ3n) is 6.39. The van der Waals surface area contributed by atoms with Crippen LogP contribution in [0.25, 0.3) is 27.8 Å². The quantitative estimate of drug-likeness (QED) is 0.365. The maximum atomic E-state index is 13.7. The Bertz CT molecular complexity index is 1530. The van der Waals surface area contributed by atoms with E-state index in [9.17, 15) is 4.79 Å². The number of hydrogen-bond acceptors (Lipinski definition) is 6. The smallest absolute Gasteiger partial charge is 0.254 e. The number of benzene rings is 3. The van der Waals surface area contributed by atoms with Crippen molar-refractivity contribution in [3.05, 3.63) is 95.5 Å². The first kappa shape index (κ1) is 22.2. The lowest BCUT2D eigenvalue weighted by atomic mass is 10.0. The van der Waals surface area contributed by atoms with Gasteiger partial charge in [0, 0.05) is 42.2 Å². The lowest BCUT2D eigenvalue weighted by Gasteiger charge is -2.35. The number of aromatic nitrogens is 5. The molecule has 5 aromatic rings. The van der Waals surface area contributed by atoms with Gasteiger partial charge in [-0.1, -0.05) is 65.2 Å². The van der Waals surface area contributed by atoms with Gasteiger partial charge in [-0.2, -0.15) is 4.68 Å². The number of amides is 1. The number of carbonyl (C=O) groups excluding carboxylic acids is 1. The second-order valence-electron chi connectivity index (χ2n) is 8.58. The van der Waals surface area contributed by atoms with Crippen LogP contribution >= 0.6 is 11.6 Å². The number of carbonyl (C=O) groups is 1. The number of piperazine rings is 1. The van der Waals surface area contributed by atoms with Crippen molar-refractivity contribution in [1.82, 2.24) is 30.1 Å². The summed E-state index contributed by atoms with van der Waals surface area (Å²) in [5, 5.41) is 13.8. The predicted octanol–water partition coefficient (Wildman–Crippen LogP) is 4.49. The van der Waals surface area contributed by atoms with Crippen molar-refractivity contribution >= 4 is 34.4 Å². The van der Waals surface area contributed by atoms with Crippen molar-refractivity contribution < 1.29 is 4.79 Å². The van der Waals surface area contributed by atoms with Gasteiger partial charge in [0.15, 0.2) is 0 Å². The minimum Gasteiger partial charge on any atom is -0.336 e. The van der Waals surface area contributed by atoms with Crippen molar-refractivity contribution in [3.8, 4) is 16.9 Å². The van der Waals surface area contributed by atoms with Gasteiger partial charge in [-0.3, -0.25) is 4.79 Å². The molecule has 8 nitrogen and oxygen atoms in total. The second-order valence-corrected chi connectivity index (χ2v) is 9.02. The van der Waals surface area contributed by atoms with E-state index < -0.39 is 0 Å². The van der Waals surface area contributed by atoms with Crippen LogP contribution in [0.3, 0.4) is 0 Å². The van der Waals surface area contributed by atoms with Crippen LogP contribution in [0.4, 0.5) is 5.95 Å². The van der Waals surface area contributed by atoms with Crippen molar-refractivity contribution in [1.29, 1.82) is 0 Å². The summed E-state index contributed by atoms with van der Waals surface area (Å²) in [6.45, 7) is 2.39. The minimum atomic E-state index is -0.00823. The van der Waals surface area contributed by atoms with Crippen LogP contribution in [0.5, 0.6) is 0 Å². The highest BCUT2D eigenvalue weighted by Crippen LogP contribution is 2.27. The Labute approximate surface area is 212 Å². The zero-order chi connectivity index (χ0) is 24.5. The molecule has 2 aromatic heterocycles. The molecule has 0 atom stereocenters. The first-order valence-corrected chi connectivity index (χ1v) is 12.1. The second kappa shape index (κ2) is 9.39. The molecule has 6 rings (SSSR count). The number of tetrazole rings is 1. The van der Waals surface area contributed by atoms with E-state index >= 15 is 0 Å². The third kappa shape index (κ3) is 4.16. The molecule has 0 radical (unpaired) electrons. The number of fused-ring (bicyclic) bond motifs is 1. The van der Waals surface area contributed by atoms with Gasteiger partial charge in [0.2, 0.25) is 5.95 Å². The van der Waals surface area contributed by atoms with Crippen molar-refractivity contribution in [2.24, 2.45) is 0 Å². The Hall–Kier alpha value is -4.30. The van der Waals surface area contributed by atoms with E-state index in [1.165, 1.54) is 0 Å². The summed E-state index contributed by atoms with van der Waals surface area (Å²) in [7, 11) is 0. The van der Waals surface area contributed by atoms with Gasteiger partial charge in [-0.05, 0) is 46.8 Å². The van der Waals surface area contributed by atoms with Crippen LogP contribution in [0.1, 0.15) is 10.4 Å². The summed E-state index contributed by atoms with van der Waals surface area (Å²) in [6, 6.07) is 26.9. The number of hydrogen-bond donors (Lipinski definition) is 0. The number of rotatable bonds is 4. The highest BCUT2D eigenvalue weighted by atomic mass is 35.5. The molecule has 1 fully saturated rings. The Morgan fingerprint density at radius 1 is 0.833 bits per heavy atom. The molecule has 1 amide bonds. The molecule has 178 valence electrons. The zero-order valence-corrected chi connectivity index (χ0v) is 20.1. The van der Waals surface area contributed by atoms with Gasteiger partial charge < -0.3 is 9.80 Å². The highest BCUT2D eigenvalue weighted by Gasteiger charge is 2.27. The Morgan fingerprint density at radius 3 is 2.33 bits per heavy atom. The Kier molecular flexibility index (Phi) is 5.79. The number of anilines is 1. The SMILES string of the molecule is O=C(c1cc(-c2ccc(Cl)cc2)nc2ccccc12)N1CCN(c2nnnn2-c2ccccc2)CC1. The molecule has 0 unspecified atom stereocenters. The van der Waals surface area contributed by atoms with E-state index in [2.05, 4.69) is 20.4 Å². The molecule has 3 aromatic carbocycles. The molecule has 0 N–H and O–H groups in total. The average Bonchev–Trinajstić information content (AvgIpc) is 3.43. The van der Waals surface area contributed by atoms with Gasteiger partial charge in [0.25, 0.3) is 5.91 Å². The van der Waals surface area contributed by atoms with Crippen LogP contribution in [-0.4, -0.2) is 62.2 Å². The fourth-order valence-corrected chi connectivity index (χ4v) is 4.64. The molecule has 1 aliphatic heterocycles. The molecule has 1 saturated heterocycles. The summed E-state index contributed by atoms with van der Waals surface area (Å²) in [6.07, 6.45) is 0. The minimum absolute atomic E-state index is 0.00823. The Balaban J connectivity index is 1.26. The highest BCUT2D eigenvalue weighted by molar-refractivity contribution is 6.30. The van der Waals surface area contributed by atoms with Crippen LogP contribution in [-0.2, 0) is 0 Å². The Morgan fingerprint density at radius 2 is 1.56 bits per heavy atom. The van der Waals surface area contributed by atoms with E-state index in [0.29, 0.717) is 42.7 Å². The number of para-hydroxylation sites is 2.